The van der Waals surface area contributed by atoms with E-state index in [0.29, 0.717) is 18.7 Å². The summed E-state index contributed by atoms with van der Waals surface area (Å²) in [6.45, 7) is 3.10. The fraction of sp³-hybridized carbons (Fsp3) is 0.235. The summed E-state index contributed by atoms with van der Waals surface area (Å²) in [7, 11) is 1.98. The molecule has 21 heavy (non-hydrogen) atoms. The molecule has 0 bridgehead atoms. The van der Waals surface area contributed by atoms with Gasteiger partial charge >= 0.3 is 0 Å². The number of hydrogen-bond donors (Lipinski definition) is 2. The molecule has 1 amide bonds. The molecule has 2 N–H and O–H groups in total. The number of phenols is 1. The average Bonchev–Trinajstić information content (AvgIpc) is 2.50. The van der Waals surface area contributed by atoms with E-state index < -0.39 is 0 Å². The summed E-state index contributed by atoms with van der Waals surface area (Å²) in [6.07, 6.45) is 0. The lowest BCUT2D eigenvalue weighted by molar-refractivity contribution is 0.0952. The van der Waals surface area contributed by atoms with E-state index in [4.69, 9.17) is 0 Å². The number of rotatable bonds is 5. The minimum atomic E-state index is -0.252. The summed E-state index contributed by atoms with van der Waals surface area (Å²) in [4.78, 5) is 14.1. The van der Waals surface area contributed by atoms with Crippen molar-refractivity contribution >= 4 is 11.6 Å². The third-order valence-electron chi connectivity index (χ3n) is 3.33. The third-order valence-corrected chi connectivity index (χ3v) is 3.33. The number of hydrogen-bond acceptors (Lipinski definition) is 3. The first-order valence-corrected chi connectivity index (χ1v) is 6.92. The van der Waals surface area contributed by atoms with Crippen LogP contribution in [0.1, 0.15) is 15.9 Å². The first kappa shape index (κ1) is 14.9. The molecule has 0 spiro atoms. The largest absolute Gasteiger partial charge is 0.507 e. The Labute approximate surface area is 125 Å². The zero-order valence-electron chi connectivity index (χ0n) is 12.3. The molecular formula is C17H20N2O2. The second kappa shape index (κ2) is 6.79. The number of phenolic OH excluding ortho intramolecular Hbond substituents is 1. The van der Waals surface area contributed by atoms with E-state index in [0.717, 1.165) is 11.3 Å². The van der Waals surface area contributed by atoms with Crippen LogP contribution in [0.5, 0.6) is 5.75 Å². The number of anilines is 1. The second-order valence-corrected chi connectivity index (χ2v) is 5.03. The standard InChI is InChI=1S/C17H20N2O2/c1-13-8-9-16(20)15(12-13)17(21)18-10-11-19(2)14-6-4-3-5-7-14/h3-9,12,20H,10-11H2,1-2H3,(H,18,21). The highest BCUT2D eigenvalue weighted by molar-refractivity contribution is 5.97. The van der Waals surface area contributed by atoms with Crippen molar-refractivity contribution in [3.8, 4) is 5.75 Å². The molecule has 0 aliphatic rings. The third kappa shape index (κ3) is 3.99. The molecular weight excluding hydrogens is 264 g/mol. The molecule has 4 nitrogen and oxygen atoms in total. The van der Waals surface area contributed by atoms with Crippen LogP contribution in [-0.2, 0) is 0 Å². The van der Waals surface area contributed by atoms with E-state index in [9.17, 15) is 9.90 Å². The van der Waals surface area contributed by atoms with Gasteiger partial charge in [-0.3, -0.25) is 4.79 Å². The number of benzene rings is 2. The fourth-order valence-electron chi connectivity index (χ4n) is 2.08. The van der Waals surface area contributed by atoms with Crippen LogP contribution in [0.15, 0.2) is 48.5 Å². The molecule has 0 saturated heterocycles. The van der Waals surface area contributed by atoms with Gasteiger partial charge in [0.2, 0.25) is 0 Å². The normalized spacial score (nSPS) is 10.2. The molecule has 110 valence electrons. The van der Waals surface area contributed by atoms with Gasteiger partial charge < -0.3 is 15.3 Å². The molecule has 2 aromatic rings. The van der Waals surface area contributed by atoms with E-state index in [-0.39, 0.29) is 11.7 Å². The molecule has 0 aromatic heterocycles. The Morgan fingerprint density at radius 3 is 2.62 bits per heavy atom. The first-order valence-electron chi connectivity index (χ1n) is 6.92. The molecule has 0 radical (unpaired) electrons. The van der Waals surface area contributed by atoms with Crippen LogP contribution < -0.4 is 10.2 Å². The molecule has 0 aliphatic heterocycles. The quantitative estimate of drug-likeness (QED) is 0.887. The predicted octanol–water partition coefficient (Wildman–Crippen LogP) is 2.57. The van der Waals surface area contributed by atoms with Gasteiger partial charge in [0, 0.05) is 25.8 Å². The number of nitrogens with one attached hydrogen (secondary N) is 1. The summed E-state index contributed by atoms with van der Waals surface area (Å²) in [5, 5.41) is 12.5. The molecule has 2 rings (SSSR count). The van der Waals surface area contributed by atoms with Crippen LogP contribution in [0, 0.1) is 6.92 Å². The number of carbonyl (C=O) groups excluding carboxylic acids is 1. The Hall–Kier alpha value is -2.49. The number of aromatic hydroxyl groups is 1. The van der Waals surface area contributed by atoms with Crippen molar-refractivity contribution in [1.82, 2.24) is 5.32 Å². The molecule has 4 heteroatoms. The molecule has 0 saturated carbocycles. The monoisotopic (exact) mass is 284 g/mol. The molecule has 0 fully saturated rings. The topological polar surface area (TPSA) is 52.6 Å². The zero-order chi connectivity index (χ0) is 15.2. The van der Waals surface area contributed by atoms with Crippen molar-refractivity contribution in [3.63, 3.8) is 0 Å². The van der Waals surface area contributed by atoms with Gasteiger partial charge in [-0.2, -0.15) is 0 Å². The number of carbonyl (C=O) groups is 1. The average molecular weight is 284 g/mol. The minimum absolute atomic E-state index is 0.00881. The van der Waals surface area contributed by atoms with Crippen LogP contribution in [0.4, 0.5) is 5.69 Å². The van der Waals surface area contributed by atoms with Crippen LogP contribution in [0.2, 0.25) is 0 Å². The predicted molar refractivity (Wildman–Crippen MR) is 84.9 cm³/mol. The van der Waals surface area contributed by atoms with Gasteiger partial charge in [0.1, 0.15) is 5.75 Å². The highest BCUT2D eigenvalue weighted by atomic mass is 16.3. The lowest BCUT2D eigenvalue weighted by Crippen LogP contribution is -2.33. The number of aryl methyl sites for hydroxylation is 1. The summed E-state index contributed by atoms with van der Waals surface area (Å²) in [6, 6.07) is 15.0. The summed E-state index contributed by atoms with van der Waals surface area (Å²) >= 11 is 0. The Kier molecular flexibility index (Phi) is 4.82. The van der Waals surface area contributed by atoms with Gasteiger partial charge in [-0.15, -0.1) is 0 Å². The van der Waals surface area contributed by atoms with Crippen molar-refractivity contribution < 1.29 is 9.90 Å². The highest BCUT2D eigenvalue weighted by Crippen LogP contribution is 2.17. The maximum absolute atomic E-state index is 12.0. The van der Waals surface area contributed by atoms with Crippen molar-refractivity contribution in [2.24, 2.45) is 0 Å². The van der Waals surface area contributed by atoms with Gasteiger partial charge in [-0.05, 0) is 31.2 Å². The SMILES string of the molecule is Cc1ccc(O)c(C(=O)NCCN(C)c2ccccc2)c1. The van der Waals surface area contributed by atoms with Gasteiger partial charge in [0.05, 0.1) is 5.56 Å². The molecule has 0 atom stereocenters. The van der Waals surface area contributed by atoms with Gasteiger partial charge in [-0.1, -0.05) is 29.8 Å². The number of para-hydroxylation sites is 1. The summed E-state index contributed by atoms with van der Waals surface area (Å²) in [5.74, 6) is -0.243. The lowest BCUT2D eigenvalue weighted by Gasteiger charge is -2.19. The van der Waals surface area contributed by atoms with E-state index in [1.54, 1.807) is 18.2 Å². The minimum Gasteiger partial charge on any atom is -0.507 e. The maximum Gasteiger partial charge on any atom is 0.255 e. The van der Waals surface area contributed by atoms with Crippen molar-refractivity contribution in [1.29, 1.82) is 0 Å². The Morgan fingerprint density at radius 2 is 1.90 bits per heavy atom. The van der Waals surface area contributed by atoms with Crippen LogP contribution in [0.3, 0.4) is 0 Å². The Bertz CT molecular complexity index is 611. The van der Waals surface area contributed by atoms with E-state index in [2.05, 4.69) is 10.2 Å². The van der Waals surface area contributed by atoms with Crippen LogP contribution >= 0.6 is 0 Å². The van der Waals surface area contributed by atoms with Gasteiger partial charge in [0.25, 0.3) is 5.91 Å². The Balaban J connectivity index is 1.88. The van der Waals surface area contributed by atoms with Crippen molar-refractivity contribution in [3.05, 3.63) is 59.7 Å². The smallest absolute Gasteiger partial charge is 0.255 e. The highest BCUT2D eigenvalue weighted by Gasteiger charge is 2.10. The van der Waals surface area contributed by atoms with Gasteiger partial charge in [0.15, 0.2) is 0 Å². The second-order valence-electron chi connectivity index (χ2n) is 5.03. The van der Waals surface area contributed by atoms with Crippen LogP contribution in [0.25, 0.3) is 0 Å². The Morgan fingerprint density at radius 1 is 1.19 bits per heavy atom. The molecule has 0 aliphatic carbocycles. The summed E-state index contributed by atoms with van der Waals surface area (Å²) in [5.41, 5.74) is 2.36. The lowest BCUT2D eigenvalue weighted by atomic mass is 10.1. The molecule has 0 unspecified atom stereocenters. The van der Waals surface area contributed by atoms with E-state index >= 15 is 0 Å². The summed E-state index contributed by atoms with van der Waals surface area (Å²) < 4.78 is 0. The maximum atomic E-state index is 12.0. The fourth-order valence-corrected chi connectivity index (χ4v) is 2.08. The number of amides is 1. The molecule has 0 heterocycles. The number of likely N-dealkylation sites (N-methyl/N-ethyl adjacent to an activating group) is 1. The van der Waals surface area contributed by atoms with E-state index in [1.807, 2.05) is 44.3 Å². The van der Waals surface area contributed by atoms with Crippen molar-refractivity contribution in [2.45, 2.75) is 6.92 Å². The van der Waals surface area contributed by atoms with E-state index in [1.165, 1.54) is 0 Å². The molecule has 2 aromatic carbocycles. The van der Waals surface area contributed by atoms with Crippen molar-refractivity contribution in [2.75, 3.05) is 25.0 Å². The van der Waals surface area contributed by atoms with Crippen LogP contribution in [-0.4, -0.2) is 31.2 Å². The number of nitrogens with zero attached hydrogens (tertiary/aromatic N) is 1. The zero-order valence-corrected chi connectivity index (χ0v) is 12.3. The first-order chi connectivity index (χ1) is 10.1. The van der Waals surface area contributed by atoms with Gasteiger partial charge in [-0.25, -0.2) is 0 Å².